The van der Waals surface area contributed by atoms with Crippen LogP contribution in [-0.4, -0.2) is 60.2 Å². The molecule has 4 heterocycles. The molecule has 1 unspecified atom stereocenters. The van der Waals surface area contributed by atoms with Crippen LogP contribution in [0.2, 0.25) is 0 Å². The number of amides is 1. The molecule has 1 amide bonds. The lowest BCUT2D eigenvalue weighted by Gasteiger charge is -2.32. The highest BCUT2D eigenvalue weighted by Crippen LogP contribution is 2.40. The average molecular weight is 463 g/mol. The zero-order valence-corrected chi connectivity index (χ0v) is 19.1. The van der Waals surface area contributed by atoms with Crippen LogP contribution in [0, 0.1) is 6.92 Å². The molecule has 0 saturated carbocycles. The second-order valence-corrected chi connectivity index (χ2v) is 8.37. The fourth-order valence-corrected chi connectivity index (χ4v) is 4.41. The molecule has 1 fully saturated rings. The van der Waals surface area contributed by atoms with Crippen LogP contribution in [-0.2, 0) is 0 Å². The van der Waals surface area contributed by atoms with Gasteiger partial charge in [0.05, 0.1) is 37.8 Å². The topological polar surface area (TPSA) is 97.0 Å². The van der Waals surface area contributed by atoms with Gasteiger partial charge < -0.3 is 29.0 Å². The van der Waals surface area contributed by atoms with E-state index in [1.54, 1.807) is 24.3 Å². The normalized spacial score (nSPS) is 17.2. The lowest BCUT2D eigenvalue weighted by Crippen LogP contribution is -2.31. The molecule has 9 nitrogen and oxygen atoms in total. The quantitative estimate of drug-likeness (QED) is 0.623. The van der Waals surface area contributed by atoms with E-state index in [9.17, 15) is 9.59 Å². The number of carbonyl (C=O) groups excluding carboxylic acids is 1. The number of H-pyrrole nitrogens is 1. The number of likely N-dealkylation sites (tertiary alicyclic amines) is 1. The van der Waals surface area contributed by atoms with Crippen molar-refractivity contribution in [2.24, 2.45) is 0 Å². The maximum absolute atomic E-state index is 12.7. The molecule has 2 aromatic heterocycles. The first kappa shape index (κ1) is 21.8. The third kappa shape index (κ3) is 4.28. The van der Waals surface area contributed by atoms with Crippen molar-refractivity contribution >= 4 is 17.3 Å². The highest BCUT2D eigenvalue weighted by Gasteiger charge is 2.29. The molecule has 176 valence electrons. The van der Waals surface area contributed by atoms with Crippen LogP contribution in [0.25, 0.3) is 0 Å². The Hall–Kier alpha value is -4.01. The van der Waals surface area contributed by atoms with Crippen LogP contribution >= 0.6 is 0 Å². The third-order valence-corrected chi connectivity index (χ3v) is 6.07. The molecular weight excluding hydrogens is 436 g/mol. The summed E-state index contributed by atoms with van der Waals surface area (Å²) in [6, 6.07) is 10.8. The number of aromatic nitrogens is 2. The van der Waals surface area contributed by atoms with Crippen molar-refractivity contribution in [3.05, 3.63) is 70.3 Å². The summed E-state index contributed by atoms with van der Waals surface area (Å²) in [6.07, 6.45) is 3.87. The van der Waals surface area contributed by atoms with Gasteiger partial charge in [0, 0.05) is 42.4 Å². The number of fused-ring (bicyclic) bond motifs is 1. The number of ether oxygens (including phenoxy) is 3. The van der Waals surface area contributed by atoms with Crippen molar-refractivity contribution in [1.82, 2.24) is 14.9 Å². The summed E-state index contributed by atoms with van der Waals surface area (Å²) in [5.74, 6) is 1.94. The molecule has 1 aromatic carbocycles. The van der Waals surface area contributed by atoms with E-state index in [-0.39, 0.29) is 17.6 Å². The molecule has 1 saturated heterocycles. The first-order chi connectivity index (χ1) is 16.5. The van der Waals surface area contributed by atoms with E-state index in [2.05, 4.69) is 14.9 Å². The number of nitrogens with one attached hydrogen (secondary N) is 1. The number of hydrogen-bond acceptors (Lipinski definition) is 7. The van der Waals surface area contributed by atoms with Crippen LogP contribution in [0.5, 0.6) is 17.4 Å². The second-order valence-electron chi connectivity index (χ2n) is 8.37. The van der Waals surface area contributed by atoms with Crippen molar-refractivity contribution in [1.29, 1.82) is 0 Å². The zero-order valence-electron chi connectivity index (χ0n) is 19.1. The predicted octanol–water partition coefficient (Wildman–Crippen LogP) is 2.91. The van der Waals surface area contributed by atoms with Gasteiger partial charge in [-0.2, -0.15) is 0 Å². The van der Waals surface area contributed by atoms with Gasteiger partial charge >= 0.3 is 0 Å². The van der Waals surface area contributed by atoms with Gasteiger partial charge in [0.1, 0.15) is 24.2 Å². The first-order valence-electron chi connectivity index (χ1n) is 11.2. The summed E-state index contributed by atoms with van der Waals surface area (Å²) in [7, 11) is 1.61. The molecular formula is C25H26N4O5. The maximum atomic E-state index is 12.7. The van der Waals surface area contributed by atoms with E-state index in [1.807, 2.05) is 31.2 Å². The molecule has 5 rings (SSSR count). The molecule has 2 aliphatic heterocycles. The summed E-state index contributed by atoms with van der Waals surface area (Å²) < 4.78 is 17.4. The molecule has 0 aliphatic carbocycles. The molecule has 0 bridgehead atoms. The van der Waals surface area contributed by atoms with Crippen LogP contribution < -0.4 is 24.7 Å². The van der Waals surface area contributed by atoms with Gasteiger partial charge in [0.25, 0.3) is 5.91 Å². The number of anilines is 2. The Morgan fingerprint density at radius 3 is 2.88 bits per heavy atom. The van der Waals surface area contributed by atoms with Gasteiger partial charge in [-0.15, -0.1) is 0 Å². The minimum absolute atomic E-state index is 0.133. The summed E-state index contributed by atoms with van der Waals surface area (Å²) in [6.45, 7) is 4.26. The Morgan fingerprint density at radius 2 is 2.09 bits per heavy atom. The van der Waals surface area contributed by atoms with Gasteiger partial charge in [0.15, 0.2) is 0 Å². The SMILES string of the molecule is COc1ncc(N2CCOc3ccc(OC4CCN(C(=O)c5cc[nH]c(=O)c5)C4)cc32)cc1C. The molecule has 2 aliphatic rings. The van der Waals surface area contributed by atoms with Crippen LogP contribution in [0.4, 0.5) is 11.4 Å². The monoisotopic (exact) mass is 462 g/mol. The molecule has 0 spiro atoms. The standard InChI is InChI=1S/C25H26N4O5/c1-16-11-18(14-27-24(16)32-2)29-9-10-33-22-4-3-19(13-21(22)29)34-20-6-8-28(15-20)25(31)17-5-7-26-23(30)12-17/h3-5,7,11-14,20H,6,8-10,15H2,1-2H3,(H,26,30). The Bertz CT molecular complexity index is 1270. The fourth-order valence-electron chi connectivity index (χ4n) is 4.41. The van der Waals surface area contributed by atoms with E-state index < -0.39 is 0 Å². The van der Waals surface area contributed by atoms with E-state index >= 15 is 0 Å². The van der Waals surface area contributed by atoms with Crippen molar-refractivity contribution in [2.75, 3.05) is 38.3 Å². The van der Waals surface area contributed by atoms with Gasteiger partial charge in [0.2, 0.25) is 11.4 Å². The maximum Gasteiger partial charge on any atom is 0.254 e. The molecule has 9 heteroatoms. The largest absolute Gasteiger partial charge is 0.490 e. The number of aryl methyl sites for hydroxylation is 1. The second kappa shape index (κ2) is 9.09. The number of pyridine rings is 2. The predicted molar refractivity (Wildman–Crippen MR) is 126 cm³/mol. The summed E-state index contributed by atoms with van der Waals surface area (Å²) in [5.41, 5.74) is 2.91. The van der Waals surface area contributed by atoms with Gasteiger partial charge in [-0.05, 0) is 31.2 Å². The molecule has 1 atom stereocenters. The summed E-state index contributed by atoms with van der Waals surface area (Å²) in [4.78, 5) is 35.1. The Kier molecular flexibility index (Phi) is 5.83. The molecule has 34 heavy (non-hydrogen) atoms. The van der Waals surface area contributed by atoms with Gasteiger partial charge in [-0.25, -0.2) is 4.98 Å². The minimum Gasteiger partial charge on any atom is -0.490 e. The number of nitrogens with zero attached hydrogens (tertiary/aromatic N) is 3. The third-order valence-electron chi connectivity index (χ3n) is 6.07. The number of hydrogen-bond donors (Lipinski definition) is 1. The van der Waals surface area contributed by atoms with Crippen molar-refractivity contribution in [2.45, 2.75) is 19.4 Å². The fraction of sp³-hybridized carbons (Fsp3) is 0.320. The van der Waals surface area contributed by atoms with E-state index in [1.165, 1.54) is 12.3 Å². The van der Waals surface area contributed by atoms with Crippen LogP contribution in [0.1, 0.15) is 22.3 Å². The van der Waals surface area contributed by atoms with E-state index in [0.29, 0.717) is 49.9 Å². The Labute approximate surface area is 196 Å². The number of methoxy groups -OCH3 is 1. The number of benzene rings is 1. The highest BCUT2D eigenvalue weighted by molar-refractivity contribution is 5.94. The van der Waals surface area contributed by atoms with Gasteiger partial charge in [-0.1, -0.05) is 0 Å². The van der Waals surface area contributed by atoms with Crippen LogP contribution in [0.15, 0.2) is 53.6 Å². The minimum atomic E-state index is -0.291. The Morgan fingerprint density at radius 1 is 1.21 bits per heavy atom. The van der Waals surface area contributed by atoms with Crippen LogP contribution in [0.3, 0.4) is 0 Å². The number of carbonyl (C=O) groups is 1. The van der Waals surface area contributed by atoms with E-state index in [0.717, 1.165) is 22.7 Å². The van der Waals surface area contributed by atoms with Gasteiger partial charge in [-0.3, -0.25) is 9.59 Å². The van der Waals surface area contributed by atoms with Crippen molar-refractivity contribution in [3.8, 4) is 17.4 Å². The smallest absolute Gasteiger partial charge is 0.254 e. The summed E-state index contributed by atoms with van der Waals surface area (Å²) >= 11 is 0. The molecule has 0 radical (unpaired) electrons. The number of aromatic amines is 1. The van der Waals surface area contributed by atoms with Crippen molar-refractivity contribution in [3.63, 3.8) is 0 Å². The highest BCUT2D eigenvalue weighted by atomic mass is 16.5. The Balaban J connectivity index is 1.31. The molecule has 1 N–H and O–H groups in total. The first-order valence-corrected chi connectivity index (χ1v) is 11.2. The lowest BCUT2D eigenvalue weighted by atomic mass is 10.2. The van der Waals surface area contributed by atoms with E-state index in [4.69, 9.17) is 14.2 Å². The van der Waals surface area contributed by atoms with Crippen molar-refractivity contribution < 1.29 is 19.0 Å². The molecule has 3 aromatic rings. The zero-order chi connectivity index (χ0) is 23.7. The summed E-state index contributed by atoms with van der Waals surface area (Å²) in [5, 5.41) is 0. The lowest BCUT2D eigenvalue weighted by molar-refractivity contribution is 0.0772. The average Bonchev–Trinajstić information content (AvgIpc) is 3.31. The number of rotatable bonds is 5.